The molecule has 2 rings (SSSR count). The van der Waals surface area contributed by atoms with Gasteiger partial charge >= 0.3 is 5.97 Å². The van der Waals surface area contributed by atoms with Crippen LogP contribution in [-0.4, -0.2) is 25.7 Å². The first kappa shape index (κ1) is 17.7. The zero-order valence-electron chi connectivity index (χ0n) is 14.3. The summed E-state index contributed by atoms with van der Waals surface area (Å²) >= 11 is 0. The van der Waals surface area contributed by atoms with Gasteiger partial charge in [0.1, 0.15) is 0 Å². The lowest BCUT2D eigenvalue weighted by atomic mass is 9.90. The number of carbonyl (C=O) groups excluding carboxylic acids is 1. The Balaban J connectivity index is 2.10. The van der Waals surface area contributed by atoms with Crippen LogP contribution in [0.2, 0.25) is 0 Å². The van der Waals surface area contributed by atoms with Gasteiger partial charge in [-0.15, -0.1) is 0 Å². The van der Waals surface area contributed by atoms with Crippen LogP contribution in [0.5, 0.6) is 11.5 Å². The molecule has 1 fully saturated rings. The predicted molar refractivity (Wildman–Crippen MR) is 87.5 cm³/mol. The summed E-state index contributed by atoms with van der Waals surface area (Å²) in [7, 11) is 1.37. The molecule has 0 saturated carbocycles. The van der Waals surface area contributed by atoms with Crippen molar-refractivity contribution in [2.45, 2.75) is 52.0 Å². The summed E-state index contributed by atoms with van der Waals surface area (Å²) < 4.78 is 24.6. The molecule has 1 aliphatic heterocycles. The van der Waals surface area contributed by atoms with Gasteiger partial charge in [-0.1, -0.05) is 13.8 Å². The number of halogens is 1. The van der Waals surface area contributed by atoms with Gasteiger partial charge in [-0.25, -0.2) is 4.39 Å². The summed E-state index contributed by atoms with van der Waals surface area (Å²) in [6.07, 6.45) is 2.26. The summed E-state index contributed by atoms with van der Waals surface area (Å²) in [6.45, 7) is 6.95. The fourth-order valence-corrected chi connectivity index (χ4v) is 3.02. The van der Waals surface area contributed by atoms with Crippen molar-refractivity contribution >= 4 is 5.97 Å². The molecule has 4 nitrogen and oxygen atoms in total. The number of hydrogen-bond acceptors (Lipinski definition) is 4. The highest BCUT2D eigenvalue weighted by Crippen LogP contribution is 2.34. The fourth-order valence-electron chi connectivity index (χ4n) is 3.02. The Hall–Kier alpha value is -1.62. The van der Waals surface area contributed by atoms with Crippen LogP contribution in [0, 0.1) is 11.7 Å². The van der Waals surface area contributed by atoms with Crippen LogP contribution in [0.1, 0.15) is 51.5 Å². The Kier molecular flexibility index (Phi) is 5.99. The molecule has 128 valence electrons. The molecule has 0 aliphatic carbocycles. The van der Waals surface area contributed by atoms with E-state index >= 15 is 0 Å². The molecule has 2 atom stereocenters. The van der Waals surface area contributed by atoms with Crippen molar-refractivity contribution in [3.05, 3.63) is 23.5 Å². The maximum Gasteiger partial charge on any atom is 0.311 e. The molecule has 5 heteroatoms. The van der Waals surface area contributed by atoms with Crippen molar-refractivity contribution in [1.82, 2.24) is 5.32 Å². The first-order valence-electron chi connectivity index (χ1n) is 8.22. The van der Waals surface area contributed by atoms with E-state index in [0.29, 0.717) is 18.4 Å². The Morgan fingerprint density at radius 1 is 1.43 bits per heavy atom. The highest BCUT2D eigenvalue weighted by molar-refractivity contribution is 5.73. The maximum atomic E-state index is 14.1. The zero-order valence-corrected chi connectivity index (χ0v) is 14.3. The summed E-state index contributed by atoms with van der Waals surface area (Å²) in [5.41, 5.74) is 0.779. The molecular weight excluding hydrogens is 297 g/mol. The van der Waals surface area contributed by atoms with Crippen LogP contribution in [0.3, 0.4) is 0 Å². The second-order valence-corrected chi connectivity index (χ2v) is 6.61. The predicted octanol–water partition coefficient (Wildman–Crippen LogP) is 3.64. The normalized spacial score (nSPS) is 21.3. The third-order valence-corrected chi connectivity index (χ3v) is 4.31. The molecule has 1 saturated heterocycles. The van der Waals surface area contributed by atoms with Gasteiger partial charge in [0.2, 0.25) is 0 Å². The monoisotopic (exact) mass is 323 g/mol. The Morgan fingerprint density at radius 2 is 2.17 bits per heavy atom. The van der Waals surface area contributed by atoms with Crippen molar-refractivity contribution in [3.8, 4) is 11.5 Å². The zero-order chi connectivity index (χ0) is 17.0. The number of ether oxygens (including phenoxy) is 2. The van der Waals surface area contributed by atoms with Crippen LogP contribution < -0.4 is 14.8 Å². The minimum atomic E-state index is -0.503. The van der Waals surface area contributed by atoms with E-state index in [1.807, 2.05) is 13.8 Å². The van der Waals surface area contributed by atoms with Crippen LogP contribution in [0.4, 0.5) is 4.39 Å². The standard InChI is InChI=1S/C18H26FNO3/c1-11(2)14-9-15(19)18(22-4)16(10-14)23-17(21)8-13-5-6-20-12(3)7-13/h9-13,20H,5-8H2,1-4H3/t12-,13-/m1/s1. The SMILES string of the molecule is COc1c(F)cc(C(C)C)cc1OC(=O)C[C@@H]1CCN[C@H](C)C1. The highest BCUT2D eigenvalue weighted by Gasteiger charge is 2.23. The maximum absolute atomic E-state index is 14.1. The number of piperidine rings is 1. The van der Waals surface area contributed by atoms with Gasteiger partial charge < -0.3 is 14.8 Å². The number of nitrogens with one attached hydrogen (secondary N) is 1. The Bertz CT molecular complexity index is 559. The lowest BCUT2D eigenvalue weighted by molar-refractivity contribution is -0.135. The van der Waals surface area contributed by atoms with Crippen LogP contribution in [0.15, 0.2) is 12.1 Å². The van der Waals surface area contributed by atoms with Gasteiger partial charge in [0.15, 0.2) is 17.3 Å². The molecule has 1 aromatic carbocycles. The molecule has 1 aliphatic rings. The Labute approximate surface area is 137 Å². The van der Waals surface area contributed by atoms with Gasteiger partial charge in [0.25, 0.3) is 0 Å². The number of benzene rings is 1. The first-order valence-corrected chi connectivity index (χ1v) is 8.22. The van der Waals surface area contributed by atoms with Gasteiger partial charge in [-0.05, 0) is 55.8 Å². The average Bonchev–Trinajstić information content (AvgIpc) is 2.46. The van der Waals surface area contributed by atoms with E-state index in [9.17, 15) is 9.18 Å². The lowest BCUT2D eigenvalue weighted by Gasteiger charge is -2.27. The molecule has 0 bridgehead atoms. The Morgan fingerprint density at radius 3 is 2.78 bits per heavy atom. The highest BCUT2D eigenvalue weighted by atomic mass is 19.1. The van der Waals surface area contributed by atoms with Crippen molar-refractivity contribution < 1.29 is 18.7 Å². The van der Waals surface area contributed by atoms with E-state index in [2.05, 4.69) is 12.2 Å². The molecular formula is C18H26FNO3. The largest absolute Gasteiger partial charge is 0.490 e. The van der Waals surface area contributed by atoms with Gasteiger partial charge in [0.05, 0.1) is 7.11 Å². The number of carbonyl (C=O) groups is 1. The summed E-state index contributed by atoms with van der Waals surface area (Å²) in [4.78, 5) is 12.2. The second kappa shape index (κ2) is 7.77. The minimum Gasteiger partial charge on any atom is -0.490 e. The van der Waals surface area contributed by atoms with Gasteiger partial charge in [0, 0.05) is 12.5 Å². The first-order chi connectivity index (χ1) is 10.9. The molecule has 1 heterocycles. The number of methoxy groups -OCH3 is 1. The number of esters is 1. The number of rotatable bonds is 5. The molecule has 0 amide bonds. The van der Waals surface area contributed by atoms with E-state index in [1.54, 1.807) is 6.07 Å². The van der Waals surface area contributed by atoms with Crippen molar-refractivity contribution in [2.75, 3.05) is 13.7 Å². The average molecular weight is 323 g/mol. The quantitative estimate of drug-likeness (QED) is 0.664. The van der Waals surface area contributed by atoms with Crippen LogP contribution in [-0.2, 0) is 4.79 Å². The van der Waals surface area contributed by atoms with E-state index in [1.165, 1.54) is 13.2 Å². The minimum absolute atomic E-state index is 0.0126. The van der Waals surface area contributed by atoms with Gasteiger partial charge in [-0.3, -0.25) is 4.79 Å². The van der Waals surface area contributed by atoms with Crippen LogP contribution in [0.25, 0.3) is 0 Å². The van der Waals surface area contributed by atoms with Crippen LogP contribution >= 0.6 is 0 Å². The molecule has 0 aromatic heterocycles. The van der Waals surface area contributed by atoms with Crippen molar-refractivity contribution in [3.63, 3.8) is 0 Å². The molecule has 0 radical (unpaired) electrons. The van der Waals surface area contributed by atoms with Crippen molar-refractivity contribution in [2.24, 2.45) is 5.92 Å². The summed E-state index contributed by atoms with van der Waals surface area (Å²) in [6, 6.07) is 3.53. The van der Waals surface area contributed by atoms with Gasteiger partial charge in [-0.2, -0.15) is 0 Å². The lowest BCUT2D eigenvalue weighted by Crippen LogP contribution is -2.36. The topological polar surface area (TPSA) is 47.6 Å². The number of hydrogen-bond donors (Lipinski definition) is 1. The third-order valence-electron chi connectivity index (χ3n) is 4.31. The smallest absolute Gasteiger partial charge is 0.311 e. The molecule has 23 heavy (non-hydrogen) atoms. The van der Waals surface area contributed by atoms with Crippen molar-refractivity contribution in [1.29, 1.82) is 0 Å². The molecule has 0 unspecified atom stereocenters. The molecule has 0 spiro atoms. The van der Waals surface area contributed by atoms with E-state index in [0.717, 1.165) is 24.9 Å². The van der Waals surface area contributed by atoms with E-state index in [4.69, 9.17) is 9.47 Å². The summed E-state index contributed by atoms with van der Waals surface area (Å²) in [5, 5.41) is 3.36. The van der Waals surface area contributed by atoms with E-state index < -0.39 is 5.82 Å². The molecule has 1 N–H and O–H groups in total. The summed E-state index contributed by atoms with van der Waals surface area (Å²) in [5.74, 6) is -0.231. The fraction of sp³-hybridized carbons (Fsp3) is 0.611. The molecule has 1 aromatic rings. The second-order valence-electron chi connectivity index (χ2n) is 6.61. The third kappa shape index (κ3) is 4.67. The van der Waals surface area contributed by atoms with E-state index in [-0.39, 0.29) is 23.4 Å².